The first-order valence-corrected chi connectivity index (χ1v) is 7.78. The number of hydrogen-bond acceptors (Lipinski definition) is 5. The molecule has 0 aromatic carbocycles. The van der Waals surface area contributed by atoms with E-state index in [0.717, 1.165) is 25.9 Å². The lowest BCUT2D eigenvalue weighted by Gasteiger charge is -2.35. The van der Waals surface area contributed by atoms with Gasteiger partial charge >= 0.3 is 0 Å². The van der Waals surface area contributed by atoms with Crippen molar-refractivity contribution in [1.82, 2.24) is 10.2 Å². The summed E-state index contributed by atoms with van der Waals surface area (Å²) in [6.07, 6.45) is 3.51. The van der Waals surface area contributed by atoms with Gasteiger partial charge in [-0.15, -0.1) is 11.3 Å². The van der Waals surface area contributed by atoms with Gasteiger partial charge in [0.2, 0.25) is 5.91 Å². The summed E-state index contributed by atoms with van der Waals surface area (Å²) < 4.78 is 0. The van der Waals surface area contributed by atoms with Crippen molar-refractivity contribution in [2.75, 3.05) is 32.0 Å². The molecule has 1 aromatic rings. The van der Waals surface area contributed by atoms with Crippen molar-refractivity contribution in [1.29, 1.82) is 5.26 Å². The Labute approximate surface area is 123 Å². The minimum atomic E-state index is -0.0352. The van der Waals surface area contributed by atoms with Crippen LogP contribution in [0.3, 0.4) is 0 Å². The van der Waals surface area contributed by atoms with E-state index in [0.29, 0.717) is 23.2 Å². The Hall–Kier alpha value is -1.42. The third-order valence-electron chi connectivity index (χ3n) is 3.57. The topological polar surface area (TPSA) is 68.2 Å². The summed E-state index contributed by atoms with van der Waals surface area (Å²) in [6.45, 7) is 2.28. The van der Waals surface area contributed by atoms with Gasteiger partial charge in [0.05, 0.1) is 12.1 Å². The molecule has 0 bridgehead atoms. The van der Waals surface area contributed by atoms with Crippen LogP contribution in [0.25, 0.3) is 0 Å². The van der Waals surface area contributed by atoms with Crippen LogP contribution in [-0.4, -0.2) is 43.5 Å². The number of nitrogens with zero attached hydrogens (tertiary/aromatic N) is 2. The molecule has 1 unspecified atom stereocenters. The molecule has 0 radical (unpaired) electrons. The molecule has 1 aliphatic rings. The predicted molar refractivity (Wildman–Crippen MR) is 80.8 cm³/mol. The highest BCUT2D eigenvalue weighted by atomic mass is 32.1. The van der Waals surface area contributed by atoms with Gasteiger partial charge in [-0.1, -0.05) is 6.42 Å². The molecule has 5 nitrogen and oxygen atoms in total. The summed E-state index contributed by atoms with van der Waals surface area (Å²) in [5.41, 5.74) is 0.536. The molecule has 0 spiro atoms. The van der Waals surface area contributed by atoms with Crippen molar-refractivity contribution < 1.29 is 4.79 Å². The number of carbonyl (C=O) groups is 1. The Balaban J connectivity index is 1.91. The van der Waals surface area contributed by atoms with Gasteiger partial charge in [-0.3, -0.25) is 9.69 Å². The Kier molecular flexibility index (Phi) is 5.53. The Morgan fingerprint density at radius 3 is 3.20 bits per heavy atom. The van der Waals surface area contributed by atoms with Gasteiger partial charge in [0.25, 0.3) is 0 Å². The standard InChI is InChI=1S/C14H20N4OS/c1-16-9-12-4-2-3-6-18(12)10-13(19)17-14-11(8-15)5-7-20-14/h5,7,12,16H,2-4,6,9-10H2,1H3,(H,17,19). The van der Waals surface area contributed by atoms with Gasteiger partial charge in [-0.05, 0) is 37.9 Å². The SMILES string of the molecule is CNCC1CCCCN1CC(=O)Nc1sccc1C#N. The first-order valence-electron chi connectivity index (χ1n) is 6.90. The molecule has 2 heterocycles. The number of nitrogens with one attached hydrogen (secondary N) is 2. The average Bonchev–Trinajstić information content (AvgIpc) is 2.88. The molecule has 1 atom stereocenters. The summed E-state index contributed by atoms with van der Waals surface area (Å²) in [5.74, 6) is -0.0352. The molecular formula is C14H20N4OS. The lowest BCUT2D eigenvalue weighted by molar-refractivity contribution is -0.118. The number of anilines is 1. The largest absolute Gasteiger partial charge is 0.318 e. The highest BCUT2D eigenvalue weighted by molar-refractivity contribution is 7.14. The quantitative estimate of drug-likeness (QED) is 0.865. The van der Waals surface area contributed by atoms with Gasteiger partial charge in [-0.2, -0.15) is 5.26 Å². The molecule has 1 amide bonds. The van der Waals surface area contributed by atoms with Crippen LogP contribution in [0.5, 0.6) is 0 Å². The zero-order valence-corrected chi connectivity index (χ0v) is 12.5. The number of likely N-dealkylation sites (tertiary alicyclic amines) is 1. The number of hydrogen-bond donors (Lipinski definition) is 2. The second kappa shape index (κ2) is 7.39. The van der Waals surface area contributed by atoms with E-state index in [1.807, 2.05) is 12.4 Å². The third kappa shape index (κ3) is 3.79. The van der Waals surface area contributed by atoms with Crippen molar-refractivity contribution in [3.05, 3.63) is 17.0 Å². The molecule has 2 rings (SSSR count). The number of piperidine rings is 1. The lowest BCUT2D eigenvalue weighted by Crippen LogP contribution is -2.47. The molecule has 0 aliphatic carbocycles. The minimum Gasteiger partial charge on any atom is -0.318 e. The van der Waals surface area contributed by atoms with Crippen LogP contribution in [0.1, 0.15) is 24.8 Å². The van der Waals surface area contributed by atoms with Crippen LogP contribution in [-0.2, 0) is 4.79 Å². The molecule has 1 aliphatic heterocycles. The predicted octanol–water partition coefficient (Wildman–Crippen LogP) is 1.63. The molecule has 6 heteroatoms. The van der Waals surface area contributed by atoms with Gasteiger partial charge < -0.3 is 10.6 Å². The maximum absolute atomic E-state index is 12.1. The summed E-state index contributed by atoms with van der Waals surface area (Å²) >= 11 is 1.39. The van der Waals surface area contributed by atoms with Crippen molar-refractivity contribution in [3.8, 4) is 6.07 Å². The van der Waals surface area contributed by atoms with Crippen molar-refractivity contribution in [2.45, 2.75) is 25.3 Å². The van der Waals surface area contributed by atoms with Gasteiger partial charge in [0, 0.05) is 12.6 Å². The average molecular weight is 292 g/mol. The van der Waals surface area contributed by atoms with E-state index in [9.17, 15) is 4.79 Å². The number of rotatable bonds is 5. The van der Waals surface area contributed by atoms with E-state index in [1.165, 1.54) is 17.8 Å². The fourth-order valence-corrected chi connectivity index (χ4v) is 3.33. The first-order chi connectivity index (χ1) is 9.74. The second-order valence-electron chi connectivity index (χ2n) is 5.00. The summed E-state index contributed by atoms with van der Waals surface area (Å²) in [4.78, 5) is 14.4. The number of carbonyl (C=O) groups excluding carboxylic acids is 1. The van der Waals surface area contributed by atoms with E-state index in [4.69, 9.17) is 5.26 Å². The Morgan fingerprint density at radius 1 is 1.60 bits per heavy atom. The third-order valence-corrected chi connectivity index (χ3v) is 4.40. The number of thiophene rings is 1. The molecule has 0 saturated carbocycles. The summed E-state index contributed by atoms with van der Waals surface area (Å²) in [6, 6.07) is 4.24. The van der Waals surface area contributed by atoms with Crippen LogP contribution in [0.15, 0.2) is 11.4 Å². The monoisotopic (exact) mass is 292 g/mol. The number of nitriles is 1. The fourth-order valence-electron chi connectivity index (χ4n) is 2.58. The van der Waals surface area contributed by atoms with E-state index < -0.39 is 0 Å². The van der Waals surface area contributed by atoms with Gasteiger partial charge in [0.1, 0.15) is 11.1 Å². The Bertz CT molecular complexity index is 492. The molecule has 108 valence electrons. The molecule has 1 fully saturated rings. The van der Waals surface area contributed by atoms with Crippen molar-refractivity contribution >= 4 is 22.2 Å². The maximum Gasteiger partial charge on any atom is 0.239 e. The van der Waals surface area contributed by atoms with Crippen LogP contribution >= 0.6 is 11.3 Å². The lowest BCUT2D eigenvalue weighted by atomic mass is 10.0. The number of likely N-dealkylation sites (N-methyl/N-ethyl adjacent to an activating group) is 1. The normalized spacial score (nSPS) is 19.5. The molecule has 2 N–H and O–H groups in total. The highest BCUT2D eigenvalue weighted by Crippen LogP contribution is 2.22. The van der Waals surface area contributed by atoms with Gasteiger partial charge in [0.15, 0.2) is 0 Å². The zero-order chi connectivity index (χ0) is 14.4. The Morgan fingerprint density at radius 2 is 2.45 bits per heavy atom. The summed E-state index contributed by atoms with van der Waals surface area (Å²) in [7, 11) is 1.94. The van der Waals surface area contributed by atoms with E-state index >= 15 is 0 Å². The molecule has 1 aromatic heterocycles. The number of amides is 1. The first kappa shape index (κ1) is 15.0. The highest BCUT2D eigenvalue weighted by Gasteiger charge is 2.23. The smallest absolute Gasteiger partial charge is 0.239 e. The van der Waals surface area contributed by atoms with Gasteiger partial charge in [-0.25, -0.2) is 0 Å². The maximum atomic E-state index is 12.1. The van der Waals surface area contributed by atoms with Crippen LogP contribution in [0, 0.1) is 11.3 Å². The minimum absolute atomic E-state index is 0.0352. The van der Waals surface area contributed by atoms with E-state index in [1.54, 1.807) is 6.07 Å². The molecular weight excluding hydrogens is 272 g/mol. The summed E-state index contributed by atoms with van der Waals surface area (Å²) in [5, 5.41) is 17.4. The fraction of sp³-hybridized carbons (Fsp3) is 0.571. The van der Waals surface area contributed by atoms with Crippen LogP contribution < -0.4 is 10.6 Å². The van der Waals surface area contributed by atoms with Crippen LogP contribution in [0.4, 0.5) is 5.00 Å². The second-order valence-corrected chi connectivity index (χ2v) is 5.92. The zero-order valence-electron chi connectivity index (χ0n) is 11.7. The molecule has 20 heavy (non-hydrogen) atoms. The van der Waals surface area contributed by atoms with Crippen molar-refractivity contribution in [2.24, 2.45) is 0 Å². The molecule has 1 saturated heterocycles. The van der Waals surface area contributed by atoms with Crippen molar-refractivity contribution in [3.63, 3.8) is 0 Å². The van der Waals surface area contributed by atoms with E-state index in [-0.39, 0.29) is 5.91 Å². The van der Waals surface area contributed by atoms with Crippen LogP contribution in [0.2, 0.25) is 0 Å². The van der Waals surface area contributed by atoms with E-state index in [2.05, 4.69) is 21.6 Å².